The number of anilines is 1. The molecule has 0 amide bonds. The standard InChI is InChI=1S/C28H25FN10O2/c1-3-21-23(29)7-4-16-8-20(40)9-22(25(16)21)24-13-39(15-30-24)27-33-26(38-11-17-5-6-18(12-38)32-17)34-28(35-27)41-14-19-10-31-36-37(19)2/h1,4,7-10,13,15,17-18,32,40H,5-6,11-12,14H2,2H3/t17-,18+. The van der Waals surface area contributed by atoms with E-state index in [2.05, 4.69) is 41.4 Å². The maximum absolute atomic E-state index is 14.6. The van der Waals surface area contributed by atoms with Gasteiger partial charge in [0.1, 0.15) is 24.5 Å². The first kappa shape index (κ1) is 24.9. The van der Waals surface area contributed by atoms with Crippen molar-refractivity contribution in [3.05, 3.63) is 60.1 Å². The number of phenols is 1. The van der Waals surface area contributed by atoms with Gasteiger partial charge >= 0.3 is 6.01 Å². The van der Waals surface area contributed by atoms with Gasteiger partial charge in [-0.25, -0.2) is 14.1 Å². The van der Waals surface area contributed by atoms with Gasteiger partial charge in [0.25, 0.3) is 0 Å². The van der Waals surface area contributed by atoms with E-state index in [9.17, 15) is 9.50 Å². The van der Waals surface area contributed by atoms with E-state index in [0.29, 0.717) is 46.0 Å². The van der Waals surface area contributed by atoms with Crippen molar-refractivity contribution in [2.45, 2.75) is 31.5 Å². The van der Waals surface area contributed by atoms with Crippen molar-refractivity contribution in [2.75, 3.05) is 18.0 Å². The van der Waals surface area contributed by atoms with Gasteiger partial charge in [0.2, 0.25) is 11.9 Å². The third-order valence-electron chi connectivity index (χ3n) is 7.53. The molecule has 41 heavy (non-hydrogen) atoms. The number of imidazole rings is 1. The number of hydrogen-bond acceptors (Lipinski definition) is 10. The fourth-order valence-electron chi connectivity index (χ4n) is 5.54. The summed E-state index contributed by atoms with van der Waals surface area (Å²) in [6.45, 7) is 1.72. The van der Waals surface area contributed by atoms with Gasteiger partial charge in [0.05, 0.1) is 23.1 Å². The Morgan fingerprint density at radius 3 is 2.71 bits per heavy atom. The number of halogens is 1. The number of fused-ring (bicyclic) bond motifs is 3. The molecule has 206 valence electrons. The maximum atomic E-state index is 14.6. The van der Waals surface area contributed by atoms with Gasteiger partial charge < -0.3 is 20.1 Å². The SMILES string of the molecule is C#Cc1c(F)ccc2cc(O)cc(-c3cn(-c4nc(OCc5cnnn5C)nc(N5C[C@H]6CC[C@@H](C5)N6)n4)cn3)c12. The Kier molecular flexibility index (Phi) is 5.97. The number of rotatable bonds is 6. The molecule has 2 saturated heterocycles. The van der Waals surface area contributed by atoms with E-state index in [1.54, 1.807) is 41.1 Å². The highest BCUT2D eigenvalue weighted by Gasteiger charge is 2.33. The lowest BCUT2D eigenvalue weighted by molar-refractivity contribution is 0.269. The Bertz CT molecular complexity index is 1810. The Morgan fingerprint density at radius 1 is 1.15 bits per heavy atom. The highest BCUT2D eigenvalue weighted by atomic mass is 19.1. The van der Waals surface area contributed by atoms with E-state index in [1.807, 2.05) is 0 Å². The van der Waals surface area contributed by atoms with E-state index in [1.165, 1.54) is 18.2 Å². The first-order valence-electron chi connectivity index (χ1n) is 13.1. The van der Waals surface area contributed by atoms with Gasteiger partial charge in [0, 0.05) is 49.4 Å². The van der Waals surface area contributed by atoms with E-state index in [4.69, 9.17) is 16.1 Å². The molecule has 0 spiro atoms. The molecule has 3 aromatic heterocycles. The van der Waals surface area contributed by atoms with Crippen molar-refractivity contribution in [1.82, 2.24) is 44.8 Å². The molecule has 5 heterocycles. The minimum Gasteiger partial charge on any atom is -0.508 e. The third-order valence-corrected chi connectivity index (χ3v) is 7.53. The van der Waals surface area contributed by atoms with Gasteiger partial charge in [-0.3, -0.25) is 4.57 Å². The average molecular weight is 553 g/mol. The summed E-state index contributed by atoms with van der Waals surface area (Å²) < 4.78 is 23.8. The van der Waals surface area contributed by atoms with Crippen LogP contribution in [0.4, 0.5) is 10.3 Å². The molecule has 0 aliphatic carbocycles. The lowest BCUT2D eigenvalue weighted by Gasteiger charge is -2.32. The van der Waals surface area contributed by atoms with Crippen LogP contribution in [0, 0.1) is 18.2 Å². The Morgan fingerprint density at radius 2 is 1.95 bits per heavy atom. The first-order valence-corrected chi connectivity index (χ1v) is 13.1. The van der Waals surface area contributed by atoms with E-state index < -0.39 is 5.82 Å². The van der Waals surface area contributed by atoms with Gasteiger partial charge in [-0.05, 0) is 36.4 Å². The lowest BCUT2D eigenvalue weighted by atomic mass is 9.97. The van der Waals surface area contributed by atoms with Crippen LogP contribution in [0.25, 0.3) is 28.0 Å². The van der Waals surface area contributed by atoms with Crippen molar-refractivity contribution >= 4 is 16.7 Å². The zero-order chi connectivity index (χ0) is 28.1. The second-order valence-corrected chi connectivity index (χ2v) is 10.2. The van der Waals surface area contributed by atoms with Gasteiger partial charge in [-0.15, -0.1) is 11.5 Å². The van der Waals surface area contributed by atoms with Gasteiger partial charge in [-0.1, -0.05) is 17.2 Å². The Hall–Kier alpha value is -5.09. The zero-order valence-corrected chi connectivity index (χ0v) is 22.1. The number of terminal acetylenes is 1. The molecule has 7 rings (SSSR count). The number of aromatic nitrogens is 8. The fourth-order valence-corrected chi connectivity index (χ4v) is 5.54. The van der Waals surface area contributed by atoms with Gasteiger partial charge in [-0.2, -0.15) is 15.0 Å². The molecule has 2 N–H and O–H groups in total. The number of nitrogens with one attached hydrogen (secondary N) is 1. The summed E-state index contributed by atoms with van der Waals surface area (Å²) in [6, 6.07) is 6.82. The number of aryl methyl sites for hydroxylation is 1. The van der Waals surface area contributed by atoms with Crippen LogP contribution in [-0.4, -0.2) is 69.8 Å². The van der Waals surface area contributed by atoms with Crippen LogP contribution in [0.1, 0.15) is 24.1 Å². The molecule has 12 nitrogen and oxygen atoms in total. The lowest BCUT2D eigenvalue weighted by Crippen LogP contribution is -2.51. The summed E-state index contributed by atoms with van der Waals surface area (Å²) in [4.78, 5) is 20.6. The van der Waals surface area contributed by atoms with Crippen LogP contribution in [0.3, 0.4) is 0 Å². The summed E-state index contributed by atoms with van der Waals surface area (Å²) >= 11 is 0. The molecule has 0 saturated carbocycles. The smallest absolute Gasteiger partial charge is 0.323 e. The van der Waals surface area contributed by atoms with Crippen LogP contribution in [0.15, 0.2) is 43.0 Å². The molecule has 5 aromatic rings. The first-order chi connectivity index (χ1) is 19.9. The highest BCUT2D eigenvalue weighted by Crippen LogP contribution is 2.35. The summed E-state index contributed by atoms with van der Waals surface area (Å²) in [5.74, 6) is 2.72. The predicted molar refractivity (Wildman–Crippen MR) is 147 cm³/mol. The molecule has 2 aromatic carbocycles. The predicted octanol–water partition coefficient (Wildman–Crippen LogP) is 2.35. The molecular weight excluding hydrogens is 527 g/mol. The highest BCUT2D eigenvalue weighted by molar-refractivity contribution is 6.01. The fraction of sp³-hybridized carbons (Fsp3) is 0.286. The van der Waals surface area contributed by atoms with Crippen LogP contribution < -0.4 is 15.0 Å². The molecule has 2 bridgehead atoms. The molecule has 2 aliphatic rings. The molecular formula is C28H25FN10O2. The topological polar surface area (TPSA) is 132 Å². The normalized spacial score (nSPS) is 18.1. The quantitative estimate of drug-likeness (QED) is 0.303. The van der Waals surface area contributed by atoms with Gasteiger partial charge in [0.15, 0.2) is 0 Å². The van der Waals surface area contributed by atoms with E-state index in [0.717, 1.165) is 31.6 Å². The molecule has 2 aliphatic heterocycles. The maximum Gasteiger partial charge on any atom is 0.323 e. The van der Waals surface area contributed by atoms with Crippen LogP contribution in [0.5, 0.6) is 11.8 Å². The van der Waals surface area contributed by atoms with Crippen LogP contribution in [-0.2, 0) is 13.7 Å². The summed E-state index contributed by atoms with van der Waals surface area (Å²) in [5, 5.41) is 22.9. The zero-order valence-electron chi connectivity index (χ0n) is 22.1. The Balaban J connectivity index is 1.29. The molecule has 2 fully saturated rings. The third kappa shape index (κ3) is 4.57. The second-order valence-electron chi connectivity index (χ2n) is 10.2. The van der Waals surface area contributed by atoms with Crippen molar-refractivity contribution in [3.8, 4) is 41.3 Å². The summed E-state index contributed by atoms with van der Waals surface area (Å²) in [6.07, 6.45) is 12.8. The number of piperazine rings is 1. The number of nitrogens with zero attached hydrogens (tertiary/aromatic N) is 9. The number of benzene rings is 2. The van der Waals surface area contributed by atoms with Crippen molar-refractivity contribution < 1.29 is 14.2 Å². The van der Waals surface area contributed by atoms with Crippen LogP contribution in [0.2, 0.25) is 0 Å². The number of phenolic OH excluding ortho intramolecular Hbond substituents is 1. The summed E-state index contributed by atoms with van der Waals surface area (Å²) in [5.41, 5.74) is 1.80. The number of hydrogen-bond donors (Lipinski definition) is 2. The molecule has 0 radical (unpaired) electrons. The van der Waals surface area contributed by atoms with Crippen molar-refractivity contribution in [3.63, 3.8) is 0 Å². The van der Waals surface area contributed by atoms with Crippen LogP contribution >= 0.6 is 0 Å². The van der Waals surface area contributed by atoms with Crippen molar-refractivity contribution in [1.29, 1.82) is 0 Å². The van der Waals surface area contributed by atoms with Crippen molar-refractivity contribution in [2.24, 2.45) is 7.05 Å². The number of ether oxygens (including phenoxy) is 1. The molecule has 13 heteroatoms. The largest absolute Gasteiger partial charge is 0.508 e. The summed E-state index contributed by atoms with van der Waals surface area (Å²) in [7, 11) is 1.78. The minimum absolute atomic E-state index is 0.00718. The van der Waals surface area contributed by atoms with E-state index >= 15 is 0 Å². The van der Waals surface area contributed by atoms with E-state index in [-0.39, 0.29) is 23.9 Å². The molecule has 2 atom stereocenters. The Labute approximate surface area is 233 Å². The second kappa shape index (κ2) is 9.83. The average Bonchev–Trinajstić information content (AvgIpc) is 3.71. The monoisotopic (exact) mass is 552 g/mol. The number of aromatic hydroxyl groups is 1. The molecule has 0 unspecified atom stereocenters. The minimum atomic E-state index is -0.524.